The number of nitrogens with zero attached hydrogens (tertiary/aromatic N) is 1. The fourth-order valence-corrected chi connectivity index (χ4v) is 1.00. The molecular weight excluding hydrogens is 212 g/mol. The lowest BCUT2D eigenvalue weighted by Crippen LogP contribution is -2.05. The van der Waals surface area contributed by atoms with Crippen molar-refractivity contribution in [3.63, 3.8) is 0 Å². The summed E-state index contributed by atoms with van der Waals surface area (Å²) in [5.41, 5.74) is 0.354. The van der Waals surface area contributed by atoms with Crippen molar-refractivity contribution in [3.8, 4) is 0 Å². The number of carbonyl (C=O) groups is 1. The van der Waals surface area contributed by atoms with E-state index in [1.54, 1.807) is 6.92 Å². The molecule has 0 amide bonds. The fourth-order valence-electron chi connectivity index (χ4n) is 0.624. The summed E-state index contributed by atoms with van der Waals surface area (Å²) in [5.74, 6) is -0.392. The van der Waals surface area contributed by atoms with Crippen LogP contribution in [0.3, 0.4) is 0 Å². The lowest BCUT2D eigenvalue weighted by Gasteiger charge is -1.97. The number of aromatic nitrogens is 2. The predicted octanol–water partition coefficient (Wildman–Crippen LogP) is 1.35. The molecule has 4 nitrogen and oxygen atoms in total. The summed E-state index contributed by atoms with van der Waals surface area (Å²) >= 11 is 3.09. The van der Waals surface area contributed by atoms with E-state index in [1.807, 2.05) is 0 Å². The Morgan fingerprint density at radius 3 is 3.09 bits per heavy atom. The van der Waals surface area contributed by atoms with Crippen LogP contribution in [0.15, 0.2) is 10.9 Å². The lowest BCUT2D eigenvalue weighted by atomic mass is 10.5. The highest BCUT2D eigenvalue weighted by Crippen LogP contribution is 2.11. The van der Waals surface area contributed by atoms with Gasteiger partial charge in [-0.3, -0.25) is 0 Å². The minimum atomic E-state index is -0.392. The van der Waals surface area contributed by atoms with E-state index in [1.165, 1.54) is 6.33 Å². The second-order valence-electron chi connectivity index (χ2n) is 1.79. The van der Waals surface area contributed by atoms with Crippen LogP contribution in [0, 0.1) is 0 Å². The second-order valence-corrected chi connectivity index (χ2v) is 2.54. The van der Waals surface area contributed by atoms with Crippen LogP contribution in [-0.4, -0.2) is 22.5 Å². The Morgan fingerprint density at radius 1 is 1.91 bits per heavy atom. The van der Waals surface area contributed by atoms with E-state index in [0.717, 1.165) is 0 Å². The maximum Gasteiger partial charge on any atom is 0.357 e. The monoisotopic (exact) mass is 218 g/mol. The Bertz CT molecular complexity index is 259. The molecule has 0 saturated heterocycles. The first-order valence-corrected chi connectivity index (χ1v) is 3.91. The van der Waals surface area contributed by atoms with Crippen LogP contribution >= 0.6 is 15.9 Å². The molecule has 0 aliphatic rings. The van der Waals surface area contributed by atoms with Gasteiger partial charge in [0.15, 0.2) is 5.69 Å². The highest BCUT2D eigenvalue weighted by Gasteiger charge is 2.12. The van der Waals surface area contributed by atoms with Crippen molar-refractivity contribution in [1.82, 2.24) is 9.97 Å². The first-order chi connectivity index (χ1) is 5.25. The molecule has 0 atom stereocenters. The molecule has 1 aromatic rings. The second kappa shape index (κ2) is 3.52. The Morgan fingerprint density at radius 2 is 2.64 bits per heavy atom. The third kappa shape index (κ3) is 1.80. The zero-order valence-corrected chi connectivity index (χ0v) is 7.51. The van der Waals surface area contributed by atoms with Gasteiger partial charge in [0, 0.05) is 0 Å². The third-order valence-corrected chi connectivity index (χ3v) is 1.67. The number of imidazole rings is 1. The van der Waals surface area contributed by atoms with Gasteiger partial charge >= 0.3 is 5.97 Å². The number of rotatable bonds is 2. The van der Waals surface area contributed by atoms with Crippen LogP contribution in [0.5, 0.6) is 0 Å². The molecule has 0 radical (unpaired) electrons. The van der Waals surface area contributed by atoms with Crippen LogP contribution in [-0.2, 0) is 4.74 Å². The molecule has 1 rings (SSSR count). The molecule has 5 heteroatoms. The van der Waals surface area contributed by atoms with Crippen LogP contribution in [0.4, 0.5) is 0 Å². The number of hydrogen-bond donors (Lipinski definition) is 1. The number of H-pyrrole nitrogens is 1. The van der Waals surface area contributed by atoms with Crippen LogP contribution in [0.25, 0.3) is 0 Å². The molecule has 0 aliphatic carbocycles. The highest BCUT2D eigenvalue weighted by molar-refractivity contribution is 9.10. The molecule has 0 aromatic carbocycles. The van der Waals surface area contributed by atoms with Gasteiger partial charge in [-0.1, -0.05) is 0 Å². The van der Waals surface area contributed by atoms with Crippen LogP contribution in [0.2, 0.25) is 0 Å². The quantitative estimate of drug-likeness (QED) is 0.763. The molecule has 1 heterocycles. The van der Waals surface area contributed by atoms with Crippen LogP contribution in [0.1, 0.15) is 17.4 Å². The van der Waals surface area contributed by atoms with Gasteiger partial charge in [-0.15, -0.1) is 0 Å². The fraction of sp³-hybridized carbons (Fsp3) is 0.333. The molecule has 0 aliphatic heterocycles. The molecule has 0 fully saturated rings. The molecule has 0 unspecified atom stereocenters. The summed E-state index contributed by atoms with van der Waals surface area (Å²) in [6.45, 7) is 2.12. The number of nitrogens with one attached hydrogen (secondary N) is 1. The summed E-state index contributed by atoms with van der Waals surface area (Å²) in [6, 6.07) is 0. The Labute approximate surface area is 72.1 Å². The van der Waals surface area contributed by atoms with E-state index in [9.17, 15) is 4.79 Å². The Hall–Kier alpha value is -0.840. The van der Waals surface area contributed by atoms with Crippen molar-refractivity contribution in [2.75, 3.05) is 6.61 Å². The Balaban J connectivity index is 2.76. The van der Waals surface area contributed by atoms with Gasteiger partial charge < -0.3 is 9.72 Å². The molecule has 11 heavy (non-hydrogen) atoms. The van der Waals surface area contributed by atoms with Gasteiger partial charge in [0.2, 0.25) is 0 Å². The summed E-state index contributed by atoms with van der Waals surface area (Å²) in [6.07, 6.45) is 1.43. The first kappa shape index (κ1) is 8.26. The largest absolute Gasteiger partial charge is 0.461 e. The van der Waals surface area contributed by atoms with Crippen molar-refractivity contribution in [3.05, 3.63) is 16.6 Å². The van der Waals surface area contributed by atoms with Crippen molar-refractivity contribution in [2.24, 2.45) is 0 Å². The molecule has 0 saturated carbocycles. The first-order valence-electron chi connectivity index (χ1n) is 3.11. The summed E-state index contributed by atoms with van der Waals surface area (Å²) in [5, 5.41) is 0. The van der Waals surface area contributed by atoms with Gasteiger partial charge in [-0.25, -0.2) is 9.78 Å². The van der Waals surface area contributed by atoms with Gasteiger partial charge in [-0.2, -0.15) is 0 Å². The number of halogens is 1. The molecular formula is C6H7BrN2O2. The molecule has 0 spiro atoms. The molecule has 0 bridgehead atoms. The predicted molar refractivity (Wildman–Crippen MR) is 42.2 cm³/mol. The maximum atomic E-state index is 11.0. The third-order valence-electron chi connectivity index (χ3n) is 1.07. The minimum Gasteiger partial charge on any atom is -0.461 e. The maximum absolute atomic E-state index is 11.0. The number of carbonyl (C=O) groups excluding carboxylic acids is 1. The average molecular weight is 219 g/mol. The Kier molecular flexibility index (Phi) is 2.64. The van der Waals surface area contributed by atoms with Crippen LogP contribution < -0.4 is 0 Å². The van der Waals surface area contributed by atoms with Crippen molar-refractivity contribution >= 4 is 21.9 Å². The smallest absolute Gasteiger partial charge is 0.357 e. The minimum absolute atomic E-state index is 0.354. The average Bonchev–Trinajstić information content (AvgIpc) is 2.36. The zero-order chi connectivity index (χ0) is 8.27. The summed E-state index contributed by atoms with van der Waals surface area (Å²) in [4.78, 5) is 17.4. The van der Waals surface area contributed by atoms with Gasteiger partial charge in [0.1, 0.15) is 4.60 Å². The van der Waals surface area contributed by atoms with E-state index in [0.29, 0.717) is 16.9 Å². The molecule has 1 aromatic heterocycles. The van der Waals surface area contributed by atoms with E-state index >= 15 is 0 Å². The zero-order valence-electron chi connectivity index (χ0n) is 5.93. The number of aromatic amines is 1. The number of ether oxygens (including phenoxy) is 1. The van der Waals surface area contributed by atoms with E-state index in [-0.39, 0.29) is 0 Å². The number of esters is 1. The van der Waals surface area contributed by atoms with Gasteiger partial charge in [0.05, 0.1) is 12.9 Å². The number of hydrogen-bond acceptors (Lipinski definition) is 3. The van der Waals surface area contributed by atoms with Gasteiger partial charge in [-0.05, 0) is 22.9 Å². The summed E-state index contributed by atoms with van der Waals surface area (Å²) < 4.78 is 5.21. The topological polar surface area (TPSA) is 55.0 Å². The lowest BCUT2D eigenvalue weighted by molar-refractivity contribution is 0.0519. The molecule has 1 N–H and O–H groups in total. The SMILES string of the molecule is CCOC(=O)c1[nH]cnc1Br. The van der Waals surface area contributed by atoms with Crippen molar-refractivity contribution < 1.29 is 9.53 Å². The standard InChI is InChI=1S/C6H7BrN2O2/c1-2-11-6(10)4-5(7)9-3-8-4/h3H,2H2,1H3,(H,8,9). The van der Waals surface area contributed by atoms with E-state index < -0.39 is 5.97 Å². The van der Waals surface area contributed by atoms with Gasteiger partial charge in [0.25, 0.3) is 0 Å². The van der Waals surface area contributed by atoms with E-state index in [4.69, 9.17) is 4.74 Å². The van der Waals surface area contributed by atoms with Crippen molar-refractivity contribution in [2.45, 2.75) is 6.92 Å². The summed E-state index contributed by atoms with van der Waals surface area (Å²) in [7, 11) is 0. The van der Waals surface area contributed by atoms with Crippen molar-refractivity contribution in [1.29, 1.82) is 0 Å². The highest BCUT2D eigenvalue weighted by atomic mass is 79.9. The van der Waals surface area contributed by atoms with E-state index in [2.05, 4.69) is 25.9 Å². The normalized spacial score (nSPS) is 9.64. The molecule has 60 valence electrons.